The number of nitrogens with zero attached hydrogens (tertiary/aromatic N) is 1. The van der Waals surface area contributed by atoms with E-state index < -0.39 is 0 Å². The Hall–Kier alpha value is -8.56. The summed E-state index contributed by atoms with van der Waals surface area (Å²) < 4.78 is 5.22. The number of rotatable bonds is 8. The van der Waals surface area contributed by atoms with Crippen molar-refractivity contribution >= 4 is 53.3 Å². The molecular weight excluding hydrogens is 839 g/mol. The van der Waals surface area contributed by atoms with Gasteiger partial charge in [-0.2, -0.15) is 0 Å². The number of hydrogen-bond acceptors (Lipinski definition) is 1. The SMILES string of the molecule is c1ccc(-c2ccc(-n3c4c(-c5cccc(-c6cccc7c6sc6ccccc67)c5)cccc4c4c(-c5ccccc5)c(-c5ccccc5)c(-c5ccccc5)c(-c5ccccc5)c43)cc2)cc1. The van der Waals surface area contributed by atoms with Crippen molar-refractivity contribution in [1.82, 2.24) is 4.57 Å². The van der Waals surface area contributed by atoms with E-state index >= 15 is 0 Å². The number of para-hydroxylation sites is 1. The van der Waals surface area contributed by atoms with E-state index in [-0.39, 0.29) is 0 Å². The average Bonchev–Trinajstić information content (AvgIpc) is 3.98. The van der Waals surface area contributed by atoms with Gasteiger partial charge >= 0.3 is 0 Å². The van der Waals surface area contributed by atoms with Gasteiger partial charge in [0.25, 0.3) is 0 Å². The molecule has 13 rings (SSSR count). The topological polar surface area (TPSA) is 4.93 Å². The van der Waals surface area contributed by atoms with Gasteiger partial charge in [-0.3, -0.25) is 0 Å². The Bertz CT molecular complexity index is 3960. The number of thiophene rings is 1. The molecule has 0 N–H and O–H groups in total. The molecule has 0 saturated carbocycles. The van der Waals surface area contributed by atoms with Gasteiger partial charge in [-0.05, 0) is 79.9 Å². The predicted molar refractivity (Wildman–Crippen MR) is 292 cm³/mol. The van der Waals surface area contributed by atoms with Gasteiger partial charge in [0.2, 0.25) is 0 Å². The lowest BCUT2D eigenvalue weighted by molar-refractivity contribution is 1.18. The highest BCUT2D eigenvalue weighted by Crippen LogP contribution is 2.55. The molecule has 11 aromatic carbocycles. The normalized spacial score (nSPS) is 11.5. The third-order valence-electron chi connectivity index (χ3n) is 13.6. The molecule has 0 amide bonds. The third kappa shape index (κ3) is 6.61. The molecule has 0 bridgehead atoms. The Morgan fingerprint density at radius 3 is 1.31 bits per heavy atom. The van der Waals surface area contributed by atoms with Crippen LogP contribution in [0.2, 0.25) is 0 Å². The first-order valence-electron chi connectivity index (χ1n) is 23.3. The molecule has 0 aliphatic heterocycles. The number of benzene rings is 11. The van der Waals surface area contributed by atoms with E-state index in [0.29, 0.717) is 0 Å². The van der Waals surface area contributed by atoms with Gasteiger partial charge in [-0.25, -0.2) is 0 Å². The monoisotopic (exact) mass is 881 g/mol. The van der Waals surface area contributed by atoms with Crippen molar-refractivity contribution in [3.8, 4) is 83.6 Å². The second kappa shape index (κ2) is 16.7. The van der Waals surface area contributed by atoms with Gasteiger partial charge in [-0.15, -0.1) is 11.3 Å². The Morgan fingerprint density at radius 2 is 0.691 bits per heavy atom. The van der Waals surface area contributed by atoms with Crippen LogP contribution < -0.4 is 0 Å². The minimum absolute atomic E-state index is 1.10. The zero-order chi connectivity index (χ0) is 45.0. The molecule has 68 heavy (non-hydrogen) atoms. The molecule has 0 atom stereocenters. The molecule has 0 spiro atoms. The average molecular weight is 882 g/mol. The molecule has 318 valence electrons. The van der Waals surface area contributed by atoms with E-state index in [1.165, 1.54) is 114 Å². The van der Waals surface area contributed by atoms with Crippen molar-refractivity contribution in [1.29, 1.82) is 0 Å². The van der Waals surface area contributed by atoms with Crippen LogP contribution in [0.5, 0.6) is 0 Å². The maximum Gasteiger partial charge on any atom is 0.0632 e. The van der Waals surface area contributed by atoms with E-state index in [0.717, 1.165) is 11.3 Å². The molecule has 2 aromatic heterocycles. The zero-order valence-electron chi connectivity index (χ0n) is 37.2. The Kier molecular flexibility index (Phi) is 9.77. The van der Waals surface area contributed by atoms with E-state index in [2.05, 4.69) is 265 Å². The van der Waals surface area contributed by atoms with Crippen molar-refractivity contribution in [3.63, 3.8) is 0 Å². The molecule has 2 heteroatoms. The smallest absolute Gasteiger partial charge is 0.0632 e. The lowest BCUT2D eigenvalue weighted by Crippen LogP contribution is -2.01. The van der Waals surface area contributed by atoms with Crippen LogP contribution in [0.4, 0.5) is 0 Å². The number of hydrogen-bond donors (Lipinski definition) is 0. The molecule has 0 saturated heterocycles. The summed E-state index contributed by atoms with van der Waals surface area (Å²) >= 11 is 1.88. The number of aromatic nitrogens is 1. The summed E-state index contributed by atoms with van der Waals surface area (Å²) in [6.07, 6.45) is 0. The minimum Gasteiger partial charge on any atom is -0.308 e. The highest BCUT2D eigenvalue weighted by molar-refractivity contribution is 7.26. The fraction of sp³-hybridized carbons (Fsp3) is 0. The molecule has 0 aliphatic rings. The van der Waals surface area contributed by atoms with Crippen LogP contribution in [-0.4, -0.2) is 4.57 Å². The van der Waals surface area contributed by atoms with Gasteiger partial charge in [0.15, 0.2) is 0 Å². The first kappa shape index (κ1) is 39.8. The first-order valence-corrected chi connectivity index (χ1v) is 24.2. The van der Waals surface area contributed by atoms with E-state index in [9.17, 15) is 0 Å². The lowest BCUT2D eigenvalue weighted by atomic mass is 9.80. The summed E-state index contributed by atoms with van der Waals surface area (Å²) in [5.74, 6) is 0. The van der Waals surface area contributed by atoms with Gasteiger partial charge in [0.1, 0.15) is 0 Å². The van der Waals surface area contributed by atoms with Crippen molar-refractivity contribution in [2.75, 3.05) is 0 Å². The Morgan fingerprint density at radius 1 is 0.265 bits per heavy atom. The second-order valence-electron chi connectivity index (χ2n) is 17.5. The summed E-state index contributed by atoms with van der Waals surface area (Å²) in [5.41, 5.74) is 20.2. The van der Waals surface area contributed by atoms with Crippen LogP contribution in [0, 0.1) is 0 Å². The van der Waals surface area contributed by atoms with Crippen LogP contribution in [-0.2, 0) is 0 Å². The van der Waals surface area contributed by atoms with Crippen LogP contribution in [0.25, 0.3) is 126 Å². The molecule has 2 heterocycles. The summed E-state index contributed by atoms with van der Waals surface area (Å²) in [7, 11) is 0. The second-order valence-corrected chi connectivity index (χ2v) is 18.6. The Labute approximate surface area is 400 Å². The molecule has 13 aromatic rings. The molecule has 0 fully saturated rings. The van der Waals surface area contributed by atoms with Crippen molar-refractivity contribution < 1.29 is 0 Å². The number of fused-ring (bicyclic) bond motifs is 6. The third-order valence-corrected chi connectivity index (χ3v) is 14.8. The van der Waals surface area contributed by atoms with Crippen molar-refractivity contribution in [2.24, 2.45) is 0 Å². The van der Waals surface area contributed by atoms with Gasteiger partial charge in [-0.1, -0.05) is 237 Å². The first-order chi connectivity index (χ1) is 33.8. The highest BCUT2D eigenvalue weighted by Gasteiger charge is 2.30. The van der Waals surface area contributed by atoms with E-state index in [1.54, 1.807) is 0 Å². The van der Waals surface area contributed by atoms with Gasteiger partial charge in [0, 0.05) is 58.9 Å². The van der Waals surface area contributed by atoms with Crippen LogP contribution in [0.1, 0.15) is 0 Å². The summed E-state index contributed by atoms with van der Waals surface area (Å²) in [6, 6.07) is 95.8. The predicted octanol–water partition coefficient (Wildman–Crippen LogP) is 18.8. The summed E-state index contributed by atoms with van der Waals surface area (Å²) in [5, 5.41) is 5.05. The standard InChI is InChI=1S/C66H43NS/c1-6-21-44(22-7-1)45-39-41-52(42-40-45)67-64-53(50-31-18-32-51(43-50)54-35-20-36-56-55-33-16-17-38-58(55)68-66(54)56)34-19-37-57(64)63-61(48-27-12-4-13-28-48)59(46-23-8-2-9-24-46)60(47-25-10-3-11-26-47)62(65(63)67)49-29-14-5-15-30-49/h1-43H. The largest absolute Gasteiger partial charge is 0.308 e. The van der Waals surface area contributed by atoms with E-state index in [4.69, 9.17) is 0 Å². The molecule has 1 nitrogen and oxygen atoms in total. The highest BCUT2D eigenvalue weighted by atomic mass is 32.1. The molecule has 0 radical (unpaired) electrons. The fourth-order valence-corrected chi connectivity index (χ4v) is 11.9. The zero-order valence-corrected chi connectivity index (χ0v) is 38.0. The van der Waals surface area contributed by atoms with Crippen LogP contribution in [0.15, 0.2) is 261 Å². The lowest BCUT2D eigenvalue weighted by Gasteiger charge is -2.24. The maximum atomic E-state index is 2.59. The quantitative estimate of drug-likeness (QED) is 0.143. The van der Waals surface area contributed by atoms with Gasteiger partial charge < -0.3 is 4.57 Å². The Balaban J connectivity index is 1.21. The minimum atomic E-state index is 1.10. The van der Waals surface area contributed by atoms with Gasteiger partial charge in [0.05, 0.1) is 11.0 Å². The summed E-state index contributed by atoms with van der Waals surface area (Å²) in [4.78, 5) is 0. The van der Waals surface area contributed by atoms with Crippen molar-refractivity contribution in [3.05, 3.63) is 261 Å². The summed E-state index contributed by atoms with van der Waals surface area (Å²) in [6.45, 7) is 0. The van der Waals surface area contributed by atoms with E-state index in [1.807, 2.05) is 11.3 Å². The van der Waals surface area contributed by atoms with Crippen LogP contribution in [0.3, 0.4) is 0 Å². The molecule has 0 aliphatic carbocycles. The molecule has 0 unspecified atom stereocenters. The molecular formula is C66H43NS. The van der Waals surface area contributed by atoms with Crippen LogP contribution >= 0.6 is 11.3 Å². The van der Waals surface area contributed by atoms with Crippen molar-refractivity contribution in [2.45, 2.75) is 0 Å². The maximum absolute atomic E-state index is 2.59. The fourth-order valence-electron chi connectivity index (χ4n) is 10.6.